The minimum atomic E-state index is -3.54. The zero-order valence-electron chi connectivity index (χ0n) is 16.3. The Morgan fingerprint density at radius 1 is 1.23 bits per heavy atom. The van der Waals surface area contributed by atoms with E-state index in [1.807, 2.05) is 35.9 Å². The molecule has 3 heterocycles. The van der Waals surface area contributed by atoms with Crippen LogP contribution >= 0.6 is 34.4 Å². The molecular weight excluding hydrogens is 459 g/mol. The summed E-state index contributed by atoms with van der Waals surface area (Å²) in [6.45, 7) is 0.637. The third-order valence-electron chi connectivity index (χ3n) is 4.96. The fourth-order valence-electron chi connectivity index (χ4n) is 3.35. The molecule has 1 aliphatic rings. The van der Waals surface area contributed by atoms with Gasteiger partial charge >= 0.3 is 0 Å². The second-order valence-corrected chi connectivity index (χ2v) is 11.7. The van der Waals surface area contributed by atoms with Gasteiger partial charge in [-0.05, 0) is 42.7 Å². The third kappa shape index (κ3) is 4.62. The molecule has 1 atom stereocenters. The van der Waals surface area contributed by atoms with Crippen molar-refractivity contribution in [2.75, 3.05) is 24.7 Å². The van der Waals surface area contributed by atoms with E-state index in [-0.39, 0.29) is 18.4 Å². The summed E-state index contributed by atoms with van der Waals surface area (Å²) in [5.41, 5.74) is 1.81. The Hall–Kier alpha value is -1.72. The number of thiophene rings is 1. The standard InChI is InChI=1S/C20H21N3O3S4/c1-27-16-8-6-14(7-9-16)17-13-29-20(21-17)22-19(24)15-4-2-10-23(12-15)30(25,26)18-5-3-11-28-18/h3,5-9,11,13,15H,2,4,10,12H2,1H3,(H,21,22,24). The van der Waals surface area contributed by atoms with Gasteiger partial charge < -0.3 is 5.32 Å². The van der Waals surface area contributed by atoms with Crippen molar-refractivity contribution in [2.24, 2.45) is 5.92 Å². The van der Waals surface area contributed by atoms with Crippen molar-refractivity contribution in [1.29, 1.82) is 0 Å². The average molecular weight is 480 g/mol. The van der Waals surface area contributed by atoms with Crippen molar-refractivity contribution >= 4 is 55.5 Å². The van der Waals surface area contributed by atoms with Crippen LogP contribution < -0.4 is 5.32 Å². The van der Waals surface area contributed by atoms with Gasteiger partial charge in [-0.2, -0.15) is 4.31 Å². The summed E-state index contributed by atoms with van der Waals surface area (Å²) >= 11 is 4.25. The van der Waals surface area contributed by atoms with Crippen molar-refractivity contribution in [2.45, 2.75) is 21.9 Å². The van der Waals surface area contributed by atoms with Crippen LogP contribution in [0.25, 0.3) is 11.3 Å². The molecule has 1 fully saturated rings. The number of rotatable bonds is 6. The number of benzene rings is 1. The molecule has 4 rings (SSSR count). The number of amides is 1. The topological polar surface area (TPSA) is 79.4 Å². The van der Waals surface area contributed by atoms with E-state index < -0.39 is 10.0 Å². The van der Waals surface area contributed by atoms with Gasteiger partial charge in [0.15, 0.2) is 5.13 Å². The lowest BCUT2D eigenvalue weighted by Gasteiger charge is -2.30. The number of aromatic nitrogens is 1. The van der Waals surface area contributed by atoms with Crippen LogP contribution in [0.15, 0.2) is 56.3 Å². The first kappa shape index (κ1) is 21.5. The summed E-state index contributed by atoms with van der Waals surface area (Å²) in [6.07, 6.45) is 3.35. The smallest absolute Gasteiger partial charge is 0.252 e. The van der Waals surface area contributed by atoms with Gasteiger partial charge in [0.1, 0.15) is 4.21 Å². The predicted octanol–water partition coefficient (Wildman–Crippen LogP) is 4.63. The van der Waals surface area contributed by atoms with E-state index in [4.69, 9.17) is 0 Å². The molecule has 1 aromatic carbocycles. The van der Waals surface area contributed by atoms with E-state index in [2.05, 4.69) is 10.3 Å². The van der Waals surface area contributed by atoms with Crippen LogP contribution in [-0.2, 0) is 14.8 Å². The van der Waals surface area contributed by atoms with Crippen LogP contribution in [0.4, 0.5) is 5.13 Å². The largest absolute Gasteiger partial charge is 0.302 e. The highest BCUT2D eigenvalue weighted by molar-refractivity contribution is 7.98. The number of thiazole rings is 1. The molecule has 0 bridgehead atoms. The van der Waals surface area contributed by atoms with Gasteiger partial charge in [-0.1, -0.05) is 18.2 Å². The van der Waals surface area contributed by atoms with E-state index in [9.17, 15) is 13.2 Å². The number of anilines is 1. The number of hydrogen-bond donors (Lipinski definition) is 1. The van der Waals surface area contributed by atoms with Gasteiger partial charge in [0, 0.05) is 28.9 Å². The number of piperidine rings is 1. The number of thioether (sulfide) groups is 1. The van der Waals surface area contributed by atoms with Gasteiger partial charge in [-0.25, -0.2) is 13.4 Å². The van der Waals surface area contributed by atoms with Crippen molar-refractivity contribution < 1.29 is 13.2 Å². The number of nitrogens with one attached hydrogen (secondary N) is 1. The van der Waals surface area contributed by atoms with E-state index in [1.54, 1.807) is 29.3 Å². The molecule has 0 saturated carbocycles. The van der Waals surface area contributed by atoms with Crippen LogP contribution in [-0.4, -0.2) is 43.0 Å². The maximum absolute atomic E-state index is 12.8. The molecule has 30 heavy (non-hydrogen) atoms. The highest BCUT2D eigenvalue weighted by Crippen LogP contribution is 2.29. The van der Waals surface area contributed by atoms with Gasteiger partial charge in [-0.15, -0.1) is 34.4 Å². The summed E-state index contributed by atoms with van der Waals surface area (Å²) < 4.78 is 27.3. The minimum absolute atomic E-state index is 0.181. The van der Waals surface area contributed by atoms with Crippen LogP contribution in [0.2, 0.25) is 0 Å². The number of sulfonamides is 1. The first-order chi connectivity index (χ1) is 14.5. The zero-order valence-corrected chi connectivity index (χ0v) is 19.5. The Kier molecular flexibility index (Phi) is 6.59. The van der Waals surface area contributed by atoms with Gasteiger partial charge in [0.05, 0.1) is 11.6 Å². The summed E-state index contributed by atoms with van der Waals surface area (Å²) in [5, 5.41) is 7.07. The molecule has 3 aromatic rings. The third-order valence-corrected chi connectivity index (χ3v) is 9.70. The van der Waals surface area contributed by atoms with Crippen molar-refractivity contribution in [1.82, 2.24) is 9.29 Å². The maximum atomic E-state index is 12.8. The van der Waals surface area contributed by atoms with Crippen LogP contribution in [0.3, 0.4) is 0 Å². The maximum Gasteiger partial charge on any atom is 0.252 e. The molecule has 0 radical (unpaired) electrons. The summed E-state index contributed by atoms with van der Waals surface area (Å²) in [4.78, 5) is 18.5. The molecule has 1 saturated heterocycles. The molecule has 1 aliphatic heterocycles. The van der Waals surface area contributed by atoms with Gasteiger partial charge in [0.25, 0.3) is 10.0 Å². The van der Waals surface area contributed by atoms with Gasteiger partial charge in [-0.3, -0.25) is 4.79 Å². The Labute approximate surface area is 188 Å². The highest BCUT2D eigenvalue weighted by atomic mass is 32.2. The number of nitrogens with zero attached hydrogens (tertiary/aromatic N) is 2. The number of carbonyl (C=O) groups is 1. The average Bonchev–Trinajstić information content (AvgIpc) is 3.47. The molecule has 6 nitrogen and oxygen atoms in total. The molecule has 158 valence electrons. The zero-order chi connectivity index (χ0) is 21.1. The fourth-order valence-corrected chi connectivity index (χ4v) is 7.14. The predicted molar refractivity (Wildman–Crippen MR) is 124 cm³/mol. The monoisotopic (exact) mass is 479 g/mol. The Bertz CT molecular complexity index is 1110. The van der Waals surface area contributed by atoms with Crippen molar-refractivity contribution in [3.05, 3.63) is 47.2 Å². The highest BCUT2D eigenvalue weighted by Gasteiger charge is 2.34. The fraction of sp³-hybridized carbons (Fsp3) is 0.300. The van der Waals surface area contributed by atoms with Crippen LogP contribution in [0.1, 0.15) is 12.8 Å². The molecular formula is C20H21N3O3S4. The molecule has 1 N–H and O–H groups in total. The second-order valence-electron chi connectivity index (χ2n) is 6.89. The molecule has 0 aliphatic carbocycles. The van der Waals surface area contributed by atoms with Crippen LogP contribution in [0, 0.1) is 5.92 Å². The summed E-state index contributed by atoms with van der Waals surface area (Å²) in [5.74, 6) is -0.568. The first-order valence-electron chi connectivity index (χ1n) is 9.42. The van der Waals surface area contributed by atoms with E-state index in [0.717, 1.165) is 11.3 Å². The summed E-state index contributed by atoms with van der Waals surface area (Å²) in [7, 11) is -3.54. The lowest BCUT2D eigenvalue weighted by molar-refractivity contribution is -0.120. The Morgan fingerprint density at radius 2 is 2.03 bits per heavy atom. The van der Waals surface area contributed by atoms with Gasteiger partial charge in [0.2, 0.25) is 5.91 Å². The summed E-state index contributed by atoms with van der Waals surface area (Å²) in [6, 6.07) is 11.4. The molecule has 10 heteroatoms. The van der Waals surface area contributed by atoms with Crippen molar-refractivity contribution in [3.8, 4) is 11.3 Å². The quantitative estimate of drug-likeness (QED) is 0.522. The molecule has 1 amide bonds. The molecule has 2 aromatic heterocycles. The van der Waals surface area contributed by atoms with Crippen molar-refractivity contribution in [3.63, 3.8) is 0 Å². The lowest BCUT2D eigenvalue weighted by Crippen LogP contribution is -2.43. The number of carbonyl (C=O) groups excluding carboxylic acids is 1. The Balaban J connectivity index is 1.42. The SMILES string of the molecule is CSc1ccc(-c2csc(NC(=O)C3CCCN(S(=O)(=O)c4cccs4)C3)n2)cc1. The molecule has 1 unspecified atom stereocenters. The van der Waals surface area contributed by atoms with E-state index >= 15 is 0 Å². The second kappa shape index (κ2) is 9.19. The normalized spacial score (nSPS) is 17.7. The lowest BCUT2D eigenvalue weighted by atomic mass is 9.99. The van der Waals surface area contributed by atoms with Crippen LogP contribution in [0.5, 0.6) is 0 Å². The minimum Gasteiger partial charge on any atom is -0.302 e. The van der Waals surface area contributed by atoms with E-state index in [1.165, 1.54) is 31.9 Å². The Morgan fingerprint density at radius 3 is 2.73 bits per heavy atom. The number of hydrogen-bond acceptors (Lipinski definition) is 7. The van der Waals surface area contributed by atoms with E-state index in [0.29, 0.717) is 28.7 Å². The first-order valence-corrected chi connectivity index (χ1v) is 13.8. The molecule has 0 spiro atoms.